The SMILES string of the molecule is Cc1ccc(C(N)CCN(CCO)CC(F)F)cc1F. The third-order valence-electron chi connectivity index (χ3n) is 3.19. The fraction of sp³-hybridized carbons (Fsp3) is 0.571. The Bertz CT molecular complexity index is 415. The summed E-state index contributed by atoms with van der Waals surface area (Å²) in [5.74, 6) is -0.322. The summed E-state index contributed by atoms with van der Waals surface area (Å²) >= 11 is 0. The van der Waals surface area contributed by atoms with Gasteiger partial charge in [-0.1, -0.05) is 12.1 Å². The summed E-state index contributed by atoms with van der Waals surface area (Å²) in [7, 11) is 0. The van der Waals surface area contributed by atoms with Crippen molar-refractivity contribution in [3.05, 3.63) is 35.1 Å². The van der Waals surface area contributed by atoms with E-state index in [-0.39, 0.29) is 19.0 Å². The Balaban J connectivity index is 2.55. The highest BCUT2D eigenvalue weighted by Gasteiger charge is 2.14. The van der Waals surface area contributed by atoms with Crippen LogP contribution < -0.4 is 5.73 Å². The zero-order valence-corrected chi connectivity index (χ0v) is 11.5. The number of rotatable bonds is 8. The quantitative estimate of drug-likeness (QED) is 0.770. The first kappa shape index (κ1) is 16.9. The van der Waals surface area contributed by atoms with Gasteiger partial charge in [0.15, 0.2) is 0 Å². The molecule has 0 heterocycles. The summed E-state index contributed by atoms with van der Waals surface area (Å²) in [6.07, 6.45) is -2.02. The molecule has 114 valence electrons. The fourth-order valence-corrected chi connectivity index (χ4v) is 1.96. The normalized spacial score (nSPS) is 13.2. The molecule has 1 aromatic rings. The van der Waals surface area contributed by atoms with Crippen LogP contribution in [0.15, 0.2) is 18.2 Å². The van der Waals surface area contributed by atoms with Gasteiger partial charge in [-0.2, -0.15) is 0 Å². The lowest BCUT2D eigenvalue weighted by Crippen LogP contribution is -2.34. The molecule has 0 radical (unpaired) electrons. The first-order valence-electron chi connectivity index (χ1n) is 6.57. The Morgan fingerprint density at radius 3 is 2.55 bits per heavy atom. The summed E-state index contributed by atoms with van der Waals surface area (Å²) in [6, 6.07) is 4.36. The number of nitrogens with zero attached hydrogens (tertiary/aromatic N) is 1. The lowest BCUT2D eigenvalue weighted by atomic mass is 10.0. The molecule has 6 heteroatoms. The summed E-state index contributed by atoms with van der Waals surface area (Å²) in [5.41, 5.74) is 7.14. The lowest BCUT2D eigenvalue weighted by molar-refractivity contribution is 0.0768. The third kappa shape index (κ3) is 5.48. The highest BCUT2D eigenvalue weighted by molar-refractivity contribution is 5.25. The van der Waals surface area contributed by atoms with Crippen molar-refractivity contribution in [1.82, 2.24) is 4.90 Å². The van der Waals surface area contributed by atoms with E-state index in [1.807, 2.05) is 0 Å². The molecule has 0 spiro atoms. The van der Waals surface area contributed by atoms with Crippen molar-refractivity contribution in [2.75, 3.05) is 26.2 Å². The molecule has 3 nitrogen and oxygen atoms in total. The molecule has 20 heavy (non-hydrogen) atoms. The maximum atomic E-state index is 13.4. The number of aliphatic hydroxyl groups excluding tert-OH is 1. The van der Waals surface area contributed by atoms with E-state index in [2.05, 4.69) is 0 Å². The van der Waals surface area contributed by atoms with E-state index in [1.165, 1.54) is 11.0 Å². The van der Waals surface area contributed by atoms with Crippen LogP contribution in [-0.2, 0) is 0 Å². The van der Waals surface area contributed by atoms with Gasteiger partial charge >= 0.3 is 0 Å². The maximum Gasteiger partial charge on any atom is 0.251 e. The van der Waals surface area contributed by atoms with Crippen LogP contribution in [0.25, 0.3) is 0 Å². The third-order valence-corrected chi connectivity index (χ3v) is 3.19. The lowest BCUT2D eigenvalue weighted by Gasteiger charge is -2.22. The van der Waals surface area contributed by atoms with E-state index in [1.54, 1.807) is 19.1 Å². The van der Waals surface area contributed by atoms with Crippen molar-refractivity contribution in [1.29, 1.82) is 0 Å². The number of aryl methyl sites for hydroxylation is 1. The molecule has 3 N–H and O–H groups in total. The second-order valence-electron chi connectivity index (χ2n) is 4.82. The van der Waals surface area contributed by atoms with Gasteiger partial charge < -0.3 is 10.8 Å². The van der Waals surface area contributed by atoms with Crippen LogP contribution in [0.4, 0.5) is 13.2 Å². The Morgan fingerprint density at radius 1 is 1.30 bits per heavy atom. The molecule has 0 saturated carbocycles. The fourth-order valence-electron chi connectivity index (χ4n) is 1.96. The van der Waals surface area contributed by atoms with Crippen LogP contribution >= 0.6 is 0 Å². The topological polar surface area (TPSA) is 49.5 Å². The van der Waals surface area contributed by atoms with E-state index in [0.717, 1.165) is 0 Å². The van der Waals surface area contributed by atoms with Crippen molar-refractivity contribution >= 4 is 0 Å². The summed E-state index contributed by atoms with van der Waals surface area (Å²) in [4.78, 5) is 1.45. The Morgan fingerprint density at radius 2 is 2.00 bits per heavy atom. The largest absolute Gasteiger partial charge is 0.395 e. The maximum absolute atomic E-state index is 13.4. The predicted molar refractivity (Wildman–Crippen MR) is 72.2 cm³/mol. The van der Waals surface area contributed by atoms with Gasteiger partial charge in [-0.15, -0.1) is 0 Å². The van der Waals surface area contributed by atoms with E-state index < -0.39 is 19.0 Å². The van der Waals surface area contributed by atoms with Crippen LogP contribution in [-0.4, -0.2) is 42.7 Å². The molecule has 0 fully saturated rings. The number of nitrogens with two attached hydrogens (primary N) is 1. The number of halogens is 3. The van der Waals surface area contributed by atoms with Crippen molar-refractivity contribution in [3.63, 3.8) is 0 Å². The number of aliphatic hydroxyl groups is 1. The van der Waals surface area contributed by atoms with Crippen molar-refractivity contribution in [2.24, 2.45) is 5.73 Å². The number of hydrogen-bond donors (Lipinski definition) is 2. The molecule has 0 saturated heterocycles. The average Bonchev–Trinajstić information content (AvgIpc) is 2.38. The van der Waals surface area contributed by atoms with Gasteiger partial charge in [0.1, 0.15) is 5.82 Å². The number of hydrogen-bond acceptors (Lipinski definition) is 3. The number of alkyl halides is 2. The Hall–Kier alpha value is -1.11. The second-order valence-corrected chi connectivity index (χ2v) is 4.82. The second kappa shape index (κ2) is 8.24. The first-order valence-corrected chi connectivity index (χ1v) is 6.57. The summed E-state index contributed by atoms with van der Waals surface area (Å²) < 4.78 is 38.1. The Labute approximate surface area is 117 Å². The zero-order chi connectivity index (χ0) is 15.1. The molecule has 0 bridgehead atoms. The van der Waals surface area contributed by atoms with Crippen LogP contribution in [0.5, 0.6) is 0 Å². The monoisotopic (exact) mass is 290 g/mol. The first-order chi connectivity index (χ1) is 9.43. The summed E-state index contributed by atoms with van der Waals surface area (Å²) in [5, 5.41) is 8.83. The molecule has 1 unspecified atom stereocenters. The van der Waals surface area contributed by atoms with Crippen LogP contribution in [0.1, 0.15) is 23.6 Å². The van der Waals surface area contributed by atoms with Gasteiger partial charge in [0.05, 0.1) is 13.2 Å². The van der Waals surface area contributed by atoms with Gasteiger partial charge in [0, 0.05) is 19.1 Å². The molecule has 1 atom stereocenters. The molecule has 0 aromatic heterocycles. The van der Waals surface area contributed by atoms with Crippen LogP contribution in [0, 0.1) is 12.7 Å². The summed E-state index contributed by atoms with van der Waals surface area (Å²) in [6.45, 7) is 1.60. The predicted octanol–water partition coefficient (Wildman–Crippen LogP) is 2.08. The minimum atomic E-state index is -2.45. The standard InChI is InChI=1S/C14H21F3N2O/c1-10-2-3-11(8-12(10)15)13(18)4-5-19(6-7-20)9-14(16)17/h2-3,8,13-14,20H,4-7,9,18H2,1H3. The van der Waals surface area contributed by atoms with Crippen molar-refractivity contribution < 1.29 is 18.3 Å². The smallest absolute Gasteiger partial charge is 0.251 e. The highest BCUT2D eigenvalue weighted by atomic mass is 19.3. The van der Waals surface area contributed by atoms with E-state index in [0.29, 0.717) is 24.1 Å². The van der Waals surface area contributed by atoms with E-state index >= 15 is 0 Å². The molecule has 0 aliphatic carbocycles. The van der Waals surface area contributed by atoms with Gasteiger partial charge in [-0.3, -0.25) is 4.90 Å². The van der Waals surface area contributed by atoms with Gasteiger partial charge in [-0.25, -0.2) is 13.2 Å². The molecular formula is C14H21F3N2O. The minimum absolute atomic E-state index is 0.179. The van der Waals surface area contributed by atoms with Gasteiger partial charge in [0.2, 0.25) is 0 Å². The average molecular weight is 290 g/mol. The van der Waals surface area contributed by atoms with E-state index in [4.69, 9.17) is 10.8 Å². The molecule has 0 aliphatic heterocycles. The van der Waals surface area contributed by atoms with Crippen LogP contribution in [0.2, 0.25) is 0 Å². The van der Waals surface area contributed by atoms with Crippen molar-refractivity contribution in [3.8, 4) is 0 Å². The molecule has 0 amide bonds. The Kier molecular flexibility index (Phi) is 6.98. The van der Waals surface area contributed by atoms with Gasteiger partial charge in [0.25, 0.3) is 6.43 Å². The van der Waals surface area contributed by atoms with Crippen molar-refractivity contribution in [2.45, 2.75) is 25.8 Å². The van der Waals surface area contributed by atoms with Gasteiger partial charge in [-0.05, 0) is 30.5 Å². The molecule has 0 aliphatic rings. The number of benzene rings is 1. The molecule has 1 aromatic carbocycles. The zero-order valence-electron chi connectivity index (χ0n) is 11.5. The molecular weight excluding hydrogens is 269 g/mol. The highest BCUT2D eigenvalue weighted by Crippen LogP contribution is 2.18. The minimum Gasteiger partial charge on any atom is -0.395 e. The van der Waals surface area contributed by atoms with Crippen LogP contribution in [0.3, 0.4) is 0 Å². The van der Waals surface area contributed by atoms with E-state index in [9.17, 15) is 13.2 Å². The molecule has 1 rings (SSSR count).